The number of anilines is 1. The lowest BCUT2D eigenvalue weighted by molar-refractivity contribution is 0.0945. The molecule has 1 amide bonds. The summed E-state index contributed by atoms with van der Waals surface area (Å²) in [6.45, 7) is 5.96. The first-order valence-electron chi connectivity index (χ1n) is 8.91. The van der Waals surface area contributed by atoms with Gasteiger partial charge in [-0.2, -0.15) is 9.78 Å². The van der Waals surface area contributed by atoms with E-state index in [1.165, 1.54) is 23.0 Å². The Balaban J connectivity index is 1.89. The first kappa shape index (κ1) is 19.9. The lowest BCUT2D eigenvalue weighted by atomic mass is 10.2. The van der Waals surface area contributed by atoms with Crippen LogP contribution in [0.5, 0.6) is 5.75 Å². The van der Waals surface area contributed by atoms with Gasteiger partial charge in [0.15, 0.2) is 5.69 Å². The summed E-state index contributed by atoms with van der Waals surface area (Å²) in [4.78, 5) is 14.9. The van der Waals surface area contributed by atoms with Crippen molar-refractivity contribution in [1.82, 2.24) is 35.6 Å². The Morgan fingerprint density at radius 1 is 1.38 bits per heavy atom. The molecule has 3 aromatic rings. The number of phenolic OH excluding ortho intramolecular Hbond substituents is 1. The highest BCUT2D eigenvalue weighted by Gasteiger charge is 2.25. The Kier molecular flexibility index (Phi) is 6.14. The van der Waals surface area contributed by atoms with Crippen LogP contribution in [0.4, 0.5) is 5.82 Å². The third-order valence-electron chi connectivity index (χ3n) is 4.17. The van der Waals surface area contributed by atoms with Crippen molar-refractivity contribution in [1.29, 1.82) is 0 Å². The molecule has 0 saturated heterocycles. The molecular formula is C17H21N9O3. The van der Waals surface area contributed by atoms with E-state index in [1.807, 2.05) is 13.8 Å². The van der Waals surface area contributed by atoms with Gasteiger partial charge in [0.05, 0.1) is 6.21 Å². The molecule has 0 aliphatic rings. The maximum Gasteiger partial charge on any atom is 0.292 e. The van der Waals surface area contributed by atoms with Crippen LogP contribution in [-0.4, -0.2) is 60.5 Å². The molecule has 4 N–H and O–H groups in total. The van der Waals surface area contributed by atoms with Crippen molar-refractivity contribution in [2.75, 3.05) is 18.8 Å². The molecule has 12 nitrogen and oxygen atoms in total. The van der Waals surface area contributed by atoms with Crippen molar-refractivity contribution in [2.45, 2.75) is 20.4 Å². The Bertz CT molecular complexity index is 1010. The lowest BCUT2D eigenvalue weighted by Gasteiger charge is -2.16. The smallest absolute Gasteiger partial charge is 0.292 e. The predicted octanol–water partition coefficient (Wildman–Crippen LogP) is 0.544. The maximum atomic E-state index is 12.9. The van der Waals surface area contributed by atoms with Gasteiger partial charge in [-0.3, -0.25) is 9.69 Å². The van der Waals surface area contributed by atoms with E-state index in [0.717, 1.165) is 13.1 Å². The standard InChI is InChI=1S/C17H21N9O3/c1-3-25(4-2)10-13-14(26(24-20-13)16-15(18)22-29-23-16)17(28)21-19-9-11-6-5-7-12(27)8-11/h5-9,27H,3-4,10H2,1-2H3,(H2,18,22)(H,21,28)/b19-9+. The molecule has 2 heterocycles. The number of phenols is 1. The van der Waals surface area contributed by atoms with Crippen LogP contribution < -0.4 is 11.2 Å². The summed E-state index contributed by atoms with van der Waals surface area (Å²) in [7, 11) is 0. The summed E-state index contributed by atoms with van der Waals surface area (Å²) in [5.41, 5.74) is 9.34. The normalized spacial score (nSPS) is 11.4. The Morgan fingerprint density at radius 3 is 2.83 bits per heavy atom. The van der Waals surface area contributed by atoms with Crippen LogP contribution >= 0.6 is 0 Å². The molecule has 152 valence electrons. The number of nitrogens with two attached hydrogens (primary N) is 1. The molecule has 0 radical (unpaired) electrons. The molecule has 3 rings (SSSR count). The second kappa shape index (κ2) is 8.93. The number of hydrazone groups is 1. The van der Waals surface area contributed by atoms with Crippen LogP contribution in [0.2, 0.25) is 0 Å². The fourth-order valence-corrected chi connectivity index (χ4v) is 2.62. The molecule has 0 spiro atoms. The second-order valence-corrected chi connectivity index (χ2v) is 6.03. The van der Waals surface area contributed by atoms with E-state index in [9.17, 15) is 9.90 Å². The van der Waals surface area contributed by atoms with E-state index in [4.69, 9.17) is 5.73 Å². The van der Waals surface area contributed by atoms with Gasteiger partial charge in [-0.25, -0.2) is 10.1 Å². The molecule has 0 saturated carbocycles. The molecule has 1 aromatic carbocycles. The van der Waals surface area contributed by atoms with Crippen LogP contribution in [0, 0.1) is 0 Å². The quantitative estimate of drug-likeness (QED) is 0.363. The third kappa shape index (κ3) is 4.55. The number of benzene rings is 1. The Morgan fingerprint density at radius 2 is 2.17 bits per heavy atom. The van der Waals surface area contributed by atoms with Gasteiger partial charge in [-0.1, -0.05) is 31.2 Å². The number of hydrogen-bond acceptors (Lipinski definition) is 10. The highest BCUT2D eigenvalue weighted by molar-refractivity contribution is 5.95. The van der Waals surface area contributed by atoms with E-state index in [2.05, 4.69) is 40.7 Å². The van der Waals surface area contributed by atoms with Crippen molar-refractivity contribution >= 4 is 17.9 Å². The van der Waals surface area contributed by atoms with E-state index in [-0.39, 0.29) is 23.1 Å². The van der Waals surface area contributed by atoms with E-state index in [0.29, 0.717) is 17.8 Å². The van der Waals surface area contributed by atoms with Crippen molar-refractivity contribution in [2.24, 2.45) is 5.10 Å². The largest absolute Gasteiger partial charge is 0.508 e. The van der Waals surface area contributed by atoms with Gasteiger partial charge in [0.2, 0.25) is 11.6 Å². The van der Waals surface area contributed by atoms with Gasteiger partial charge >= 0.3 is 0 Å². The number of aromatic hydroxyl groups is 1. The van der Waals surface area contributed by atoms with Gasteiger partial charge in [0.1, 0.15) is 11.4 Å². The molecule has 0 bridgehead atoms. The highest BCUT2D eigenvalue weighted by Crippen LogP contribution is 2.17. The minimum atomic E-state index is -0.559. The summed E-state index contributed by atoms with van der Waals surface area (Å²) in [6, 6.07) is 6.44. The minimum Gasteiger partial charge on any atom is -0.508 e. The summed E-state index contributed by atoms with van der Waals surface area (Å²) in [5.74, 6) is -0.430. The van der Waals surface area contributed by atoms with Crippen LogP contribution in [0.25, 0.3) is 5.82 Å². The fraction of sp³-hybridized carbons (Fsp3) is 0.294. The zero-order valence-corrected chi connectivity index (χ0v) is 16.0. The minimum absolute atomic E-state index is 0.0263. The topological polar surface area (TPSA) is 161 Å². The Labute approximate surface area is 166 Å². The lowest BCUT2D eigenvalue weighted by Crippen LogP contribution is -2.27. The zero-order valence-electron chi connectivity index (χ0n) is 16.0. The first-order chi connectivity index (χ1) is 14.0. The summed E-state index contributed by atoms with van der Waals surface area (Å²) < 4.78 is 5.78. The Hall–Kier alpha value is -3.80. The number of carbonyl (C=O) groups is 1. The number of nitrogen functional groups attached to an aromatic ring is 1. The number of nitrogens with one attached hydrogen (secondary N) is 1. The van der Waals surface area contributed by atoms with Gasteiger partial charge in [0, 0.05) is 6.54 Å². The number of rotatable bonds is 8. The van der Waals surface area contributed by atoms with Gasteiger partial charge < -0.3 is 10.8 Å². The number of aromatic nitrogens is 5. The zero-order chi connectivity index (χ0) is 20.8. The number of amides is 1. The molecule has 0 aliphatic carbocycles. The van der Waals surface area contributed by atoms with E-state index >= 15 is 0 Å². The molecular weight excluding hydrogens is 378 g/mol. The van der Waals surface area contributed by atoms with Crippen molar-refractivity contribution in [3.8, 4) is 11.6 Å². The van der Waals surface area contributed by atoms with Crippen LogP contribution in [0.3, 0.4) is 0 Å². The molecule has 2 aromatic heterocycles. The van der Waals surface area contributed by atoms with Gasteiger partial charge in [0.25, 0.3) is 5.91 Å². The van der Waals surface area contributed by atoms with Gasteiger partial charge in [-0.15, -0.1) is 5.10 Å². The molecule has 0 unspecified atom stereocenters. The van der Waals surface area contributed by atoms with E-state index in [1.54, 1.807) is 12.1 Å². The van der Waals surface area contributed by atoms with E-state index < -0.39 is 5.91 Å². The van der Waals surface area contributed by atoms with Crippen LogP contribution in [-0.2, 0) is 6.54 Å². The predicted molar refractivity (Wildman–Crippen MR) is 103 cm³/mol. The van der Waals surface area contributed by atoms with Crippen LogP contribution in [0.15, 0.2) is 34.0 Å². The first-order valence-corrected chi connectivity index (χ1v) is 8.91. The molecule has 0 fully saturated rings. The van der Waals surface area contributed by atoms with Gasteiger partial charge in [-0.05, 0) is 41.1 Å². The molecule has 0 aliphatic heterocycles. The van der Waals surface area contributed by atoms with Crippen LogP contribution in [0.1, 0.15) is 35.6 Å². The van der Waals surface area contributed by atoms with Crippen molar-refractivity contribution in [3.05, 3.63) is 41.2 Å². The molecule has 0 atom stereocenters. The second-order valence-electron chi connectivity index (χ2n) is 6.03. The SMILES string of the molecule is CCN(CC)Cc1nnn(-c2nonc2N)c1C(=O)N/N=C/c1cccc(O)c1. The number of carbonyl (C=O) groups excluding carboxylic acids is 1. The molecule has 29 heavy (non-hydrogen) atoms. The summed E-state index contributed by atoms with van der Waals surface area (Å²) >= 11 is 0. The van der Waals surface area contributed by atoms with Crippen molar-refractivity contribution < 1.29 is 14.5 Å². The van der Waals surface area contributed by atoms with Crippen molar-refractivity contribution in [3.63, 3.8) is 0 Å². The highest BCUT2D eigenvalue weighted by atomic mass is 16.6. The molecule has 12 heteroatoms. The monoisotopic (exact) mass is 399 g/mol. The number of hydrogen-bond donors (Lipinski definition) is 3. The fourth-order valence-electron chi connectivity index (χ4n) is 2.62. The third-order valence-corrected chi connectivity index (χ3v) is 4.17. The summed E-state index contributed by atoms with van der Waals surface area (Å²) in [6.07, 6.45) is 1.40. The number of nitrogens with zero attached hydrogens (tertiary/aromatic N) is 7. The average Bonchev–Trinajstić information content (AvgIpc) is 3.31. The maximum absolute atomic E-state index is 12.9. The summed E-state index contributed by atoms with van der Waals surface area (Å²) in [5, 5.41) is 28.7. The average molecular weight is 399 g/mol.